The lowest BCUT2D eigenvalue weighted by molar-refractivity contribution is 0.147. The largest absolute Gasteiger partial charge is 0.388 e. The van der Waals surface area contributed by atoms with Crippen molar-refractivity contribution >= 4 is 34.8 Å². The molecule has 0 aromatic carbocycles. The molecule has 26 heavy (non-hydrogen) atoms. The molecule has 0 radical (unpaired) electrons. The monoisotopic (exact) mass is 418 g/mol. The normalized spacial score (nSPS) is 13.5. The molecular formula is C19H25Cl3N2O2. The summed E-state index contributed by atoms with van der Waals surface area (Å²) in [4.78, 5) is 7.76. The van der Waals surface area contributed by atoms with Crippen molar-refractivity contribution in [3.63, 3.8) is 0 Å². The van der Waals surface area contributed by atoms with Crippen LogP contribution in [0.2, 0.25) is 10.0 Å². The van der Waals surface area contributed by atoms with Gasteiger partial charge >= 0.3 is 0 Å². The molecule has 4 nitrogen and oxygen atoms in total. The Morgan fingerprint density at radius 3 is 1.73 bits per heavy atom. The Labute approximate surface area is 170 Å². The van der Waals surface area contributed by atoms with Crippen molar-refractivity contribution in [3.8, 4) is 0 Å². The number of rotatable bonds is 5. The Hall–Kier alpha value is -0.910. The van der Waals surface area contributed by atoms with Gasteiger partial charge in [0.05, 0.1) is 28.1 Å². The summed E-state index contributed by atoms with van der Waals surface area (Å²) in [5.41, 5.74) is 1.69. The number of alkyl halides is 1. The maximum Gasteiger partial charge on any atom is 0.0940 e. The third-order valence-corrected chi connectivity index (χ3v) is 4.24. The minimum Gasteiger partial charge on any atom is -0.388 e. The molecule has 0 spiro atoms. The third kappa shape index (κ3) is 9.15. The summed E-state index contributed by atoms with van der Waals surface area (Å²) in [6, 6.07) is 3.41. The highest BCUT2D eigenvalue weighted by Crippen LogP contribution is 2.27. The van der Waals surface area contributed by atoms with Crippen LogP contribution in [0.15, 0.2) is 36.9 Å². The molecule has 2 rings (SSSR count). The fourth-order valence-electron chi connectivity index (χ4n) is 2.05. The number of nitrogens with zero attached hydrogens (tertiary/aromatic N) is 2. The van der Waals surface area contributed by atoms with Crippen molar-refractivity contribution in [2.75, 3.05) is 5.88 Å². The van der Waals surface area contributed by atoms with Crippen LogP contribution in [-0.4, -0.2) is 26.1 Å². The second kappa shape index (κ2) is 11.1. The number of pyridine rings is 2. The number of hydrogen-bond acceptors (Lipinski definition) is 4. The van der Waals surface area contributed by atoms with Gasteiger partial charge in [0, 0.05) is 35.9 Å². The van der Waals surface area contributed by atoms with Gasteiger partial charge in [-0.2, -0.15) is 0 Å². The van der Waals surface area contributed by atoms with Crippen LogP contribution in [-0.2, 0) is 0 Å². The number of aromatic nitrogens is 2. The van der Waals surface area contributed by atoms with E-state index in [-0.39, 0.29) is 11.3 Å². The zero-order valence-electron chi connectivity index (χ0n) is 15.2. The van der Waals surface area contributed by atoms with E-state index in [9.17, 15) is 10.2 Å². The average Bonchev–Trinajstić information content (AvgIpc) is 2.59. The van der Waals surface area contributed by atoms with Crippen molar-refractivity contribution < 1.29 is 10.2 Å². The van der Waals surface area contributed by atoms with E-state index in [1.54, 1.807) is 30.7 Å². The highest BCUT2D eigenvalue weighted by atomic mass is 35.5. The van der Waals surface area contributed by atoms with Gasteiger partial charge in [-0.25, -0.2) is 0 Å². The second-order valence-electron chi connectivity index (χ2n) is 7.16. The highest BCUT2D eigenvalue weighted by molar-refractivity contribution is 6.30. The Balaban J connectivity index is 0.000000273. The van der Waals surface area contributed by atoms with Gasteiger partial charge < -0.3 is 10.2 Å². The van der Waals surface area contributed by atoms with Gasteiger partial charge in [-0.3, -0.25) is 9.97 Å². The molecule has 0 aliphatic heterocycles. The highest BCUT2D eigenvalue weighted by Gasteiger charge is 2.15. The van der Waals surface area contributed by atoms with Crippen molar-refractivity contribution in [1.82, 2.24) is 9.97 Å². The molecule has 0 saturated carbocycles. The van der Waals surface area contributed by atoms with Gasteiger partial charge in [0.1, 0.15) is 0 Å². The van der Waals surface area contributed by atoms with Crippen LogP contribution in [0.4, 0.5) is 0 Å². The predicted molar refractivity (Wildman–Crippen MR) is 108 cm³/mol. The standard InChI is InChI=1S/C12H18ClNO.C7H7Cl2NO/c1-12(2,3)5-4-11(15)9-6-10(13)8-14-7-9;8-2-7(11)5-1-6(9)4-10-3-5/h6-8,11,15H,4-5H2,1-3H3;1,3-4,7,11H,2H2/t11-;7-/m00/s1. The Bertz CT molecular complexity index is 678. The minimum absolute atomic E-state index is 0.155. The van der Waals surface area contributed by atoms with E-state index in [0.29, 0.717) is 15.6 Å². The molecule has 7 heteroatoms. The predicted octanol–water partition coefficient (Wildman–Crippen LogP) is 5.60. The van der Waals surface area contributed by atoms with Crippen LogP contribution >= 0.6 is 34.8 Å². The molecule has 2 atom stereocenters. The Morgan fingerprint density at radius 2 is 1.35 bits per heavy atom. The molecule has 2 aromatic rings. The molecule has 2 heterocycles. The number of halogens is 3. The number of aliphatic hydroxyl groups is 2. The van der Waals surface area contributed by atoms with Crippen molar-refractivity contribution in [1.29, 1.82) is 0 Å². The lowest BCUT2D eigenvalue weighted by Crippen LogP contribution is -2.08. The number of aliphatic hydroxyl groups excluding tert-OH is 2. The molecule has 0 amide bonds. The van der Waals surface area contributed by atoms with Gasteiger partial charge in [0.25, 0.3) is 0 Å². The first-order valence-corrected chi connectivity index (χ1v) is 9.54. The van der Waals surface area contributed by atoms with Crippen LogP contribution in [0.25, 0.3) is 0 Å². The number of hydrogen-bond donors (Lipinski definition) is 2. The minimum atomic E-state index is -0.678. The summed E-state index contributed by atoms with van der Waals surface area (Å²) < 4.78 is 0. The maximum absolute atomic E-state index is 9.91. The fourth-order valence-corrected chi connectivity index (χ4v) is 2.59. The van der Waals surface area contributed by atoms with Gasteiger partial charge in [-0.05, 0) is 30.4 Å². The van der Waals surface area contributed by atoms with Gasteiger partial charge in [-0.1, -0.05) is 44.0 Å². The second-order valence-corrected chi connectivity index (χ2v) is 8.34. The first-order valence-electron chi connectivity index (χ1n) is 8.25. The molecule has 2 N–H and O–H groups in total. The lowest BCUT2D eigenvalue weighted by atomic mass is 9.88. The van der Waals surface area contributed by atoms with Crippen LogP contribution < -0.4 is 0 Å². The first kappa shape index (κ1) is 23.1. The molecule has 0 aliphatic carbocycles. The Morgan fingerprint density at radius 1 is 0.885 bits per heavy atom. The fraction of sp³-hybridized carbons (Fsp3) is 0.474. The Kier molecular flexibility index (Phi) is 9.83. The van der Waals surface area contributed by atoms with Crippen LogP contribution in [0.3, 0.4) is 0 Å². The zero-order valence-corrected chi connectivity index (χ0v) is 17.4. The van der Waals surface area contributed by atoms with E-state index >= 15 is 0 Å². The zero-order chi connectivity index (χ0) is 19.7. The molecule has 0 aliphatic rings. The summed E-state index contributed by atoms with van der Waals surface area (Å²) in [6.45, 7) is 6.49. The molecule has 0 unspecified atom stereocenters. The van der Waals surface area contributed by atoms with E-state index in [1.807, 2.05) is 0 Å². The van der Waals surface area contributed by atoms with Crippen LogP contribution in [0.5, 0.6) is 0 Å². The molecule has 2 aromatic heterocycles. The summed E-state index contributed by atoms with van der Waals surface area (Å²) in [5.74, 6) is 0.155. The average molecular weight is 420 g/mol. The third-order valence-electron chi connectivity index (χ3n) is 3.54. The molecule has 0 fully saturated rings. The van der Waals surface area contributed by atoms with Crippen LogP contribution in [0.1, 0.15) is 56.9 Å². The lowest BCUT2D eigenvalue weighted by Gasteiger charge is -2.20. The van der Waals surface area contributed by atoms with Crippen LogP contribution in [0, 0.1) is 5.41 Å². The van der Waals surface area contributed by atoms with E-state index in [2.05, 4.69) is 30.7 Å². The summed E-state index contributed by atoms with van der Waals surface area (Å²) in [7, 11) is 0. The molecule has 0 bridgehead atoms. The smallest absolute Gasteiger partial charge is 0.0940 e. The van der Waals surface area contributed by atoms with E-state index < -0.39 is 12.2 Å². The molecule has 144 valence electrons. The van der Waals surface area contributed by atoms with E-state index in [4.69, 9.17) is 34.8 Å². The van der Waals surface area contributed by atoms with Crippen molar-refractivity contribution in [3.05, 3.63) is 58.1 Å². The quantitative estimate of drug-likeness (QED) is 0.619. The van der Waals surface area contributed by atoms with E-state index in [0.717, 1.165) is 18.4 Å². The maximum atomic E-state index is 9.91. The van der Waals surface area contributed by atoms with Gasteiger partial charge in [-0.15, -0.1) is 11.6 Å². The van der Waals surface area contributed by atoms with Crippen molar-refractivity contribution in [2.45, 2.75) is 45.8 Å². The summed E-state index contributed by atoms with van der Waals surface area (Å²) >= 11 is 16.9. The van der Waals surface area contributed by atoms with Crippen molar-refractivity contribution in [2.24, 2.45) is 5.41 Å². The summed E-state index contributed by atoms with van der Waals surface area (Å²) in [6.07, 6.45) is 6.86. The SMILES string of the molecule is CC(C)(C)CC[C@H](O)c1cncc(Cl)c1.O[C@@H](CCl)c1cncc(Cl)c1. The molecular weight excluding hydrogens is 395 g/mol. The van der Waals surface area contributed by atoms with Gasteiger partial charge in [0.15, 0.2) is 0 Å². The van der Waals surface area contributed by atoms with E-state index in [1.165, 1.54) is 6.20 Å². The topological polar surface area (TPSA) is 66.2 Å². The molecule has 0 saturated heterocycles. The first-order chi connectivity index (χ1) is 12.1. The van der Waals surface area contributed by atoms with Gasteiger partial charge in [0.2, 0.25) is 0 Å². The summed E-state index contributed by atoms with van der Waals surface area (Å²) in [5, 5.41) is 20.2.